The molecule has 0 saturated carbocycles. The van der Waals surface area contributed by atoms with E-state index in [4.69, 9.17) is 11.5 Å². The van der Waals surface area contributed by atoms with Crippen LogP contribution in [-0.4, -0.2) is 0 Å². The number of nitrogens with two attached hydrogens (primary N) is 2. The van der Waals surface area contributed by atoms with Crippen molar-refractivity contribution in [3.05, 3.63) is 119 Å². The Morgan fingerprint density at radius 1 is 0.483 bits per heavy atom. The molecule has 0 aliphatic heterocycles. The topological polar surface area (TPSA) is 52.0 Å². The Labute approximate surface area is 173 Å². The van der Waals surface area contributed by atoms with Crippen LogP contribution in [0.3, 0.4) is 0 Å². The van der Waals surface area contributed by atoms with Crippen molar-refractivity contribution < 1.29 is 0 Å². The molecule has 0 atom stereocenters. The number of rotatable bonds is 0. The average Bonchev–Trinajstić information content (AvgIpc) is 3.12. The number of fused-ring (bicyclic) bond motifs is 3. The maximum Gasteiger partial charge on any atom is 0.0343 e. The van der Waals surface area contributed by atoms with Gasteiger partial charge in [-0.05, 0) is 65.8 Å². The molecule has 0 aromatic heterocycles. The molecule has 1 aliphatic carbocycles. The first kappa shape index (κ1) is 20.2. The molecule has 146 valence electrons. The van der Waals surface area contributed by atoms with Crippen molar-refractivity contribution in [2.24, 2.45) is 0 Å². The van der Waals surface area contributed by atoms with Gasteiger partial charge in [0, 0.05) is 11.4 Å². The summed E-state index contributed by atoms with van der Waals surface area (Å²) in [5.41, 5.74) is 20.8. The molecule has 4 aromatic rings. The van der Waals surface area contributed by atoms with E-state index < -0.39 is 0 Å². The summed E-state index contributed by atoms with van der Waals surface area (Å²) in [7, 11) is 0. The molecule has 0 spiro atoms. The molecule has 1 aliphatic rings. The van der Waals surface area contributed by atoms with Crippen LogP contribution < -0.4 is 11.5 Å². The quantitative estimate of drug-likeness (QED) is 0.305. The van der Waals surface area contributed by atoms with Gasteiger partial charge in [-0.25, -0.2) is 0 Å². The zero-order valence-corrected chi connectivity index (χ0v) is 17.1. The van der Waals surface area contributed by atoms with Gasteiger partial charge in [0.1, 0.15) is 0 Å². The van der Waals surface area contributed by atoms with Crippen molar-refractivity contribution in [2.45, 2.75) is 20.3 Å². The molecule has 0 radical (unpaired) electrons. The minimum Gasteiger partial charge on any atom is -0.399 e. The van der Waals surface area contributed by atoms with Crippen LogP contribution in [0.25, 0.3) is 11.1 Å². The summed E-state index contributed by atoms with van der Waals surface area (Å²) in [6.07, 6.45) is 1.10. The highest BCUT2D eigenvalue weighted by Crippen LogP contribution is 2.35. The van der Waals surface area contributed by atoms with Crippen molar-refractivity contribution in [3.63, 3.8) is 0 Å². The molecule has 0 fully saturated rings. The number of anilines is 2. The van der Waals surface area contributed by atoms with E-state index in [1.807, 2.05) is 62.4 Å². The maximum atomic E-state index is 5.52. The Balaban J connectivity index is 0.000000132. The van der Waals surface area contributed by atoms with Gasteiger partial charge < -0.3 is 11.5 Å². The van der Waals surface area contributed by atoms with E-state index in [0.29, 0.717) is 0 Å². The van der Waals surface area contributed by atoms with Gasteiger partial charge in [-0.1, -0.05) is 84.9 Å². The molecule has 2 heteroatoms. The first-order valence-corrected chi connectivity index (χ1v) is 9.84. The number of aryl methyl sites for hydroxylation is 2. The number of hydrogen-bond acceptors (Lipinski definition) is 2. The lowest BCUT2D eigenvalue weighted by atomic mass is 10.1. The van der Waals surface area contributed by atoms with E-state index in [1.165, 1.54) is 22.3 Å². The second-order valence-corrected chi connectivity index (χ2v) is 7.20. The summed E-state index contributed by atoms with van der Waals surface area (Å²) in [6.45, 7) is 3.99. The lowest BCUT2D eigenvalue weighted by Gasteiger charge is -1.98. The highest BCUT2D eigenvalue weighted by Gasteiger charge is 2.15. The van der Waals surface area contributed by atoms with Crippen LogP contribution in [0.1, 0.15) is 22.3 Å². The van der Waals surface area contributed by atoms with Crippen LogP contribution in [0, 0.1) is 13.8 Å². The molecule has 0 bridgehead atoms. The fraction of sp³-hybridized carbons (Fsp3) is 0.111. The Morgan fingerprint density at radius 3 is 1.17 bits per heavy atom. The Morgan fingerprint density at radius 2 is 0.828 bits per heavy atom. The van der Waals surface area contributed by atoms with E-state index in [-0.39, 0.29) is 0 Å². The smallest absolute Gasteiger partial charge is 0.0343 e. The largest absolute Gasteiger partial charge is 0.399 e. The molecule has 0 unspecified atom stereocenters. The molecule has 4 aromatic carbocycles. The summed E-state index contributed by atoms with van der Waals surface area (Å²) in [6, 6.07) is 32.9. The number of benzene rings is 4. The molecule has 4 N–H and O–H groups in total. The molecule has 0 amide bonds. The van der Waals surface area contributed by atoms with Gasteiger partial charge in [-0.15, -0.1) is 0 Å². The summed E-state index contributed by atoms with van der Waals surface area (Å²) >= 11 is 0. The summed E-state index contributed by atoms with van der Waals surface area (Å²) in [4.78, 5) is 0. The van der Waals surface area contributed by atoms with Crippen LogP contribution in [0.2, 0.25) is 0 Å². The van der Waals surface area contributed by atoms with E-state index in [9.17, 15) is 0 Å². The van der Waals surface area contributed by atoms with Gasteiger partial charge in [0.05, 0.1) is 0 Å². The second kappa shape index (κ2) is 9.61. The number of nitrogen functional groups attached to an aromatic ring is 2. The summed E-state index contributed by atoms with van der Waals surface area (Å²) < 4.78 is 0. The maximum absolute atomic E-state index is 5.52. The van der Waals surface area contributed by atoms with Gasteiger partial charge in [0.2, 0.25) is 0 Å². The van der Waals surface area contributed by atoms with Crippen molar-refractivity contribution in [3.8, 4) is 11.1 Å². The lowest BCUT2D eigenvalue weighted by Crippen LogP contribution is -1.85. The molecule has 0 heterocycles. The number of para-hydroxylation sites is 2. The third-order valence-corrected chi connectivity index (χ3v) is 5.08. The van der Waals surface area contributed by atoms with Crippen LogP contribution in [0.15, 0.2) is 97.1 Å². The fourth-order valence-electron chi connectivity index (χ4n) is 3.25. The minimum atomic E-state index is 0.868. The second-order valence-electron chi connectivity index (χ2n) is 7.20. The SMILES string of the molecule is Cc1ccccc1N.Cc1ccccc1N.c1ccc2c(c1)Cc1ccccc1-2. The molecular formula is C27H28N2. The average molecular weight is 381 g/mol. The van der Waals surface area contributed by atoms with Gasteiger partial charge in [0.25, 0.3) is 0 Å². The predicted molar refractivity (Wildman–Crippen MR) is 126 cm³/mol. The summed E-state index contributed by atoms with van der Waals surface area (Å²) in [5.74, 6) is 0. The van der Waals surface area contributed by atoms with E-state index >= 15 is 0 Å². The van der Waals surface area contributed by atoms with Crippen molar-refractivity contribution in [2.75, 3.05) is 11.5 Å². The molecule has 0 saturated heterocycles. The van der Waals surface area contributed by atoms with Gasteiger partial charge >= 0.3 is 0 Å². The first-order valence-electron chi connectivity index (χ1n) is 9.84. The highest BCUT2D eigenvalue weighted by molar-refractivity contribution is 5.76. The molecule has 29 heavy (non-hydrogen) atoms. The van der Waals surface area contributed by atoms with E-state index in [2.05, 4.69) is 48.5 Å². The van der Waals surface area contributed by atoms with Crippen LogP contribution in [0.4, 0.5) is 11.4 Å². The lowest BCUT2D eigenvalue weighted by molar-refractivity contribution is 1.26. The molecular weight excluding hydrogens is 352 g/mol. The third kappa shape index (κ3) is 5.26. The highest BCUT2D eigenvalue weighted by atomic mass is 14.5. The minimum absolute atomic E-state index is 0.868. The van der Waals surface area contributed by atoms with Crippen LogP contribution in [-0.2, 0) is 6.42 Å². The zero-order chi connectivity index (χ0) is 20.6. The Hall–Kier alpha value is -3.52. The van der Waals surface area contributed by atoms with Crippen LogP contribution >= 0.6 is 0 Å². The monoisotopic (exact) mass is 380 g/mol. The molecule has 2 nitrogen and oxygen atoms in total. The van der Waals surface area contributed by atoms with E-state index in [0.717, 1.165) is 28.9 Å². The fourth-order valence-corrected chi connectivity index (χ4v) is 3.25. The summed E-state index contributed by atoms with van der Waals surface area (Å²) in [5, 5.41) is 0. The normalized spacial score (nSPS) is 10.6. The van der Waals surface area contributed by atoms with Crippen LogP contribution in [0.5, 0.6) is 0 Å². The van der Waals surface area contributed by atoms with Gasteiger partial charge in [-0.3, -0.25) is 0 Å². The van der Waals surface area contributed by atoms with Crippen molar-refractivity contribution >= 4 is 11.4 Å². The zero-order valence-electron chi connectivity index (χ0n) is 17.1. The predicted octanol–water partition coefficient (Wildman–Crippen LogP) is 6.41. The first-order chi connectivity index (χ1) is 14.1. The Bertz CT molecular complexity index is 954. The molecule has 5 rings (SSSR count). The van der Waals surface area contributed by atoms with E-state index in [1.54, 1.807) is 0 Å². The van der Waals surface area contributed by atoms with Gasteiger partial charge in [0.15, 0.2) is 0 Å². The number of hydrogen-bond donors (Lipinski definition) is 2. The van der Waals surface area contributed by atoms with Crippen molar-refractivity contribution in [1.82, 2.24) is 0 Å². The van der Waals surface area contributed by atoms with Crippen molar-refractivity contribution in [1.29, 1.82) is 0 Å². The van der Waals surface area contributed by atoms with Gasteiger partial charge in [-0.2, -0.15) is 0 Å². The Kier molecular flexibility index (Phi) is 6.70. The third-order valence-electron chi connectivity index (χ3n) is 5.08. The standard InChI is InChI=1S/C13H10.2C7H9N/c1-3-7-12-10(5-1)9-11-6-2-4-8-13(11)12;2*1-6-4-2-3-5-7(6)8/h1-8H,9H2;2*2-5H,8H2,1H3.